The Morgan fingerprint density at radius 3 is 2.56 bits per heavy atom. The van der Waals surface area contributed by atoms with Crippen molar-refractivity contribution < 1.29 is 9.53 Å². The number of anilines is 2. The third-order valence-corrected chi connectivity index (χ3v) is 3.93. The van der Waals surface area contributed by atoms with Crippen molar-refractivity contribution in [2.75, 3.05) is 12.4 Å². The zero-order valence-corrected chi connectivity index (χ0v) is 14.8. The van der Waals surface area contributed by atoms with E-state index in [9.17, 15) is 4.79 Å². The number of nitriles is 1. The van der Waals surface area contributed by atoms with Crippen LogP contribution in [-0.4, -0.2) is 18.0 Å². The smallest absolute Gasteiger partial charge is 0.270 e. The first kappa shape index (κ1) is 18.0. The molecule has 0 aliphatic heterocycles. The third-order valence-electron chi connectivity index (χ3n) is 3.93. The molecule has 0 atom stereocenters. The van der Waals surface area contributed by atoms with E-state index >= 15 is 0 Å². The number of nitrogens with zero attached hydrogens (tertiary/aromatic N) is 2. The second kappa shape index (κ2) is 8.50. The Hall–Kier alpha value is -3.85. The minimum absolute atomic E-state index is 0.255. The fourth-order valence-corrected chi connectivity index (χ4v) is 2.46. The number of carbonyl (C=O) groups is 1. The summed E-state index contributed by atoms with van der Waals surface area (Å²) in [6, 6.07) is 20.2. The maximum absolute atomic E-state index is 12.2. The number of rotatable bonds is 6. The highest BCUT2D eigenvalue weighted by Crippen LogP contribution is 2.19. The molecule has 0 spiro atoms. The average molecular weight is 358 g/mol. The van der Waals surface area contributed by atoms with E-state index in [1.54, 1.807) is 37.6 Å². The lowest BCUT2D eigenvalue weighted by Gasteiger charge is -2.09. The Kier molecular flexibility index (Phi) is 5.65. The van der Waals surface area contributed by atoms with Gasteiger partial charge in [0.1, 0.15) is 17.5 Å². The molecule has 6 nitrogen and oxygen atoms in total. The summed E-state index contributed by atoms with van der Waals surface area (Å²) in [5, 5.41) is 15.1. The van der Waals surface area contributed by atoms with E-state index in [2.05, 4.69) is 21.7 Å². The lowest BCUT2D eigenvalue weighted by atomic mass is 10.2. The number of para-hydroxylation sites is 1. The highest BCUT2D eigenvalue weighted by Gasteiger charge is 2.08. The highest BCUT2D eigenvalue weighted by molar-refractivity contribution is 5.92. The highest BCUT2D eigenvalue weighted by atomic mass is 16.5. The van der Waals surface area contributed by atoms with Gasteiger partial charge in [-0.05, 0) is 42.0 Å². The van der Waals surface area contributed by atoms with Gasteiger partial charge in [-0.15, -0.1) is 0 Å². The molecule has 1 heterocycles. The molecular formula is C21H18N4O2. The number of hydrogen-bond acceptors (Lipinski definition) is 5. The molecular weight excluding hydrogens is 340 g/mol. The molecule has 0 saturated heterocycles. The monoisotopic (exact) mass is 358 g/mol. The third kappa shape index (κ3) is 4.61. The summed E-state index contributed by atoms with van der Waals surface area (Å²) in [6.07, 6.45) is 1.57. The number of nitrogens with one attached hydrogen (secondary N) is 2. The minimum Gasteiger partial charge on any atom is -0.497 e. The first-order valence-electron chi connectivity index (χ1n) is 8.33. The zero-order valence-electron chi connectivity index (χ0n) is 14.8. The minimum atomic E-state index is -0.255. The summed E-state index contributed by atoms with van der Waals surface area (Å²) < 4.78 is 5.11. The van der Waals surface area contributed by atoms with Crippen molar-refractivity contribution in [3.8, 4) is 11.8 Å². The molecule has 0 saturated carbocycles. The van der Waals surface area contributed by atoms with Crippen molar-refractivity contribution in [1.82, 2.24) is 10.3 Å². The largest absolute Gasteiger partial charge is 0.497 e. The molecule has 0 unspecified atom stereocenters. The maximum Gasteiger partial charge on any atom is 0.270 e. The fourth-order valence-electron chi connectivity index (χ4n) is 2.46. The van der Waals surface area contributed by atoms with Crippen molar-refractivity contribution in [2.24, 2.45) is 0 Å². The molecule has 2 N–H and O–H groups in total. The van der Waals surface area contributed by atoms with Crippen LogP contribution in [-0.2, 0) is 6.54 Å². The first-order valence-corrected chi connectivity index (χ1v) is 8.33. The topological polar surface area (TPSA) is 87.0 Å². The van der Waals surface area contributed by atoms with Gasteiger partial charge in [-0.25, -0.2) is 4.98 Å². The van der Waals surface area contributed by atoms with Crippen molar-refractivity contribution >= 4 is 17.3 Å². The maximum atomic E-state index is 12.2. The SMILES string of the molecule is COc1ccc(CNC(=O)c2ccc(Nc3ccccc3C#N)cn2)cc1. The van der Waals surface area contributed by atoms with Gasteiger partial charge in [-0.1, -0.05) is 24.3 Å². The molecule has 6 heteroatoms. The normalized spacial score (nSPS) is 9.93. The standard InChI is InChI=1S/C21H18N4O2/c1-27-18-9-6-15(7-10-18)13-24-21(26)20-11-8-17(14-23-20)25-19-5-3-2-4-16(19)12-22/h2-11,14,25H,13H2,1H3,(H,24,26). The number of amides is 1. The number of hydrogen-bond donors (Lipinski definition) is 2. The number of methoxy groups -OCH3 is 1. The Labute approximate surface area is 157 Å². The second-order valence-corrected chi connectivity index (χ2v) is 5.75. The van der Waals surface area contributed by atoms with Gasteiger partial charge >= 0.3 is 0 Å². The van der Waals surface area contributed by atoms with Gasteiger partial charge in [0.2, 0.25) is 0 Å². The van der Waals surface area contributed by atoms with E-state index in [-0.39, 0.29) is 5.91 Å². The number of aromatic nitrogens is 1. The molecule has 1 amide bonds. The zero-order chi connectivity index (χ0) is 19.1. The van der Waals surface area contributed by atoms with Crippen molar-refractivity contribution in [3.05, 3.63) is 83.7 Å². The van der Waals surface area contributed by atoms with Crippen LogP contribution in [0.3, 0.4) is 0 Å². The Balaban J connectivity index is 1.60. The molecule has 3 aromatic rings. The van der Waals surface area contributed by atoms with Crippen molar-refractivity contribution in [2.45, 2.75) is 6.54 Å². The van der Waals surface area contributed by atoms with E-state index in [0.29, 0.717) is 29.2 Å². The van der Waals surface area contributed by atoms with Crippen molar-refractivity contribution in [1.29, 1.82) is 5.26 Å². The van der Waals surface area contributed by atoms with Crippen LogP contribution >= 0.6 is 0 Å². The summed E-state index contributed by atoms with van der Waals surface area (Å²) in [6.45, 7) is 0.403. The lowest BCUT2D eigenvalue weighted by molar-refractivity contribution is 0.0946. The van der Waals surface area contributed by atoms with Crippen LogP contribution in [0, 0.1) is 11.3 Å². The summed E-state index contributed by atoms with van der Waals surface area (Å²) in [5.41, 5.74) is 3.22. The number of pyridine rings is 1. The first-order chi connectivity index (χ1) is 13.2. The predicted octanol–water partition coefficient (Wildman–Crippen LogP) is 3.64. The number of benzene rings is 2. The van der Waals surface area contributed by atoms with Crippen LogP contribution in [0.5, 0.6) is 5.75 Å². The van der Waals surface area contributed by atoms with Gasteiger partial charge in [0, 0.05) is 6.54 Å². The van der Waals surface area contributed by atoms with E-state index in [1.807, 2.05) is 36.4 Å². The van der Waals surface area contributed by atoms with E-state index < -0.39 is 0 Å². The van der Waals surface area contributed by atoms with Crippen LogP contribution in [0.15, 0.2) is 66.9 Å². The second-order valence-electron chi connectivity index (χ2n) is 5.75. The molecule has 0 radical (unpaired) electrons. The molecule has 134 valence electrons. The van der Waals surface area contributed by atoms with E-state index in [4.69, 9.17) is 10.00 Å². The van der Waals surface area contributed by atoms with Crippen LogP contribution in [0.2, 0.25) is 0 Å². The predicted molar refractivity (Wildman–Crippen MR) is 103 cm³/mol. The molecule has 2 aromatic carbocycles. The number of carbonyl (C=O) groups excluding carboxylic acids is 1. The van der Waals surface area contributed by atoms with Gasteiger partial charge < -0.3 is 15.4 Å². The van der Waals surface area contributed by atoms with Crippen LogP contribution in [0.1, 0.15) is 21.6 Å². The van der Waals surface area contributed by atoms with Gasteiger partial charge in [-0.2, -0.15) is 5.26 Å². The summed E-state index contributed by atoms with van der Waals surface area (Å²) >= 11 is 0. The molecule has 0 fully saturated rings. The molecule has 0 aliphatic carbocycles. The summed E-state index contributed by atoms with van der Waals surface area (Å²) in [4.78, 5) is 16.4. The summed E-state index contributed by atoms with van der Waals surface area (Å²) in [5.74, 6) is 0.516. The fraction of sp³-hybridized carbons (Fsp3) is 0.0952. The van der Waals surface area contributed by atoms with Gasteiger partial charge in [0.05, 0.1) is 30.2 Å². The quantitative estimate of drug-likeness (QED) is 0.702. The Morgan fingerprint density at radius 2 is 1.89 bits per heavy atom. The Bertz CT molecular complexity index is 961. The number of ether oxygens (including phenoxy) is 1. The van der Waals surface area contributed by atoms with Gasteiger partial charge in [0.15, 0.2) is 0 Å². The molecule has 3 rings (SSSR count). The van der Waals surface area contributed by atoms with E-state index in [0.717, 1.165) is 11.3 Å². The molecule has 0 aliphatic rings. The van der Waals surface area contributed by atoms with Crippen molar-refractivity contribution in [3.63, 3.8) is 0 Å². The lowest BCUT2D eigenvalue weighted by Crippen LogP contribution is -2.23. The van der Waals surface area contributed by atoms with E-state index in [1.165, 1.54) is 0 Å². The molecule has 1 aromatic heterocycles. The van der Waals surface area contributed by atoms with Gasteiger partial charge in [-0.3, -0.25) is 4.79 Å². The van der Waals surface area contributed by atoms with Crippen LogP contribution in [0.25, 0.3) is 0 Å². The molecule has 0 bridgehead atoms. The van der Waals surface area contributed by atoms with Crippen LogP contribution < -0.4 is 15.4 Å². The van der Waals surface area contributed by atoms with Crippen LogP contribution in [0.4, 0.5) is 11.4 Å². The average Bonchev–Trinajstić information content (AvgIpc) is 2.73. The Morgan fingerprint density at radius 1 is 1.11 bits per heavy atom. The molecule has 27 heavy (non-hydrogen) atoms. The van der Waals surface area contributed by atoms with Gasteiger partial charge in [0.25, 0.3) is 5.91 Å². The summed E-state index contributed by atoms with van der Waals surface area (Å²) in [7, 11) is 1.61.